The first-order valence-corrected chi connectivity index (χ1v) is 6.91. The molecule has 0 atom stereocenters. The lowest BCUT2D eigenvalue weighted by atomic mass is 10.1. The number of ether oxygens (including phenoxy) is 2. The molecule has 1 fully saturated rings. The fourth-order valence-electron chi connectivity index (χ4n) is 2.20. The van der Waals surface area contributed by atoms with E-state index in [9.17, 15) is 9.90 Å². The van der Waals surface area contributed by atoms with Crippen molar-refractivity contribution in [2.75, 3.05) is 26.8 Å². The zero-order chi connectivity index (χ0) is 14.4. The smallest absolute Gasteiger partial charge is 0.226 e. The first-order chi connectivity index (χ1) is 9.69. The molecule has 0 aromatic heterocycles. The summed E-state index contributed by atoms with van der Waals surface area (Å²) in [5, 5.41) is 9.40. The van der Waals surface area contributed by atoms with Crippen LogP contribution in [0.3, 0.4) is 0 Å². The van der Waals surface area contributed by atoms with E-state index in [2.05, 4.69) is 0 Å². The van der Waals surface area contributed by atoms with Crippen molar-refractivity contribution in [3.63, 3.8) is 0 Å². The predicted octanol–water partition coefficient (Wildman–Crippen LogP) is 1.45. The van der Waals surface area contributed by atoms with Crippen molar-refractivity contribution in [3.05, 3.63) is 24.3 Å². The predicted molar refractivity (Wildman–Crippen MR) is 74.9 cm³/mol. The number of nitrogens with zero attached hydrogens (tertiary/aromatic N) is 1. The van der Waals surface area contributed by atoms with Crippen LogP contribution in [0.25, 0.3) is 0 Å². The molecule has 0 bridgehead atoms. The average Bonchev–Trinajstić information content (AvgIpc) is 2.48. The van der Waals surface area contributed by atoms with Crippen molar-refractivity contribution in [2.45, 2.75) is 25.4 Å². The highest BCUT2D eigenvalue weighted by atomic mass is 16.5. The largest absolute Gasteiger partial charge is 0.497 e. The number of benzene rings is 1. The number of hydrogen-bond donors (Lipinski definition) is 1. The second-order valence-corrected chi connectivity index (χ2v) is 4.89. The van der Waals surface area contributed by atoms with E-state index in [0.29, 0.717) is 39.0 Å². The molecule has 1 aromatic rings. The van der Waals surface area contributed by atoms with Gasteiger partial charge >= 0.3 is 0 Å². The maximum Gasteiger partial charge on any atom is 0.226 e. The van der Waals surface area contributed by atoms with E-state index in [-0.39, 0.29) is 12.0 Å². The quantitative estimate of drug-likeness (QED) is 0.886. The van der Waals surface area contributed by atoms with Crippen molar-refractivity contribution in [3.8, 4) is 11.5 Å². The molecule has 0 spiro atoms. The molecule has 0 unspecified atom stereocenters. The van der Waals surface area contributed by atoms with Crippen LogP contribution in [0.15, 0.2) is 24.3 Å². The van der Waals surface area contributed by atoms with Crippen LogP contribution >= 0.6 is 0 Å². The summed E-state index contributed by atoms with van der Waals surface area (Å²) in [6, 6.07) is 7.29. The molecule has 1 aliphatic rings. The fraction of sp³-hybridized carbons (Fsp3) is 0.533. The van der Waals surface area contributed by atoms with Gasteiger partial charge in [-0.1, -0.05) is 0 Å². The molecule has 0 radical (unpaired) electrons. The van der Waals surface area contributed by atoms with Gasteiger partial charge in [0.05, 0.1) is 26.2 Å². The minimum absolute atomic E-state index is 0.0883. The van der Waals surface area contributed by atoms with Gasteiger partial charge in [0.1, 0.15) is 11.5 Å². The molecular weight excluding hydrogens is 258 g/mol. The second kappa shape index (κ2) is 7.14. The third kappa shape index (κ3) is 4.13. The van der Waals surface area contributed by atoms with Crippen molar-refractivity contribution in [1.29, 1.82) is 0 Å². The highest BCUT2D eigenvalue weighted by Crippen LogP contribution is 2.17. The molecule has 0 aliphatic carbocycles. The lowest BCUT2D eigenvalue weighted by Gasteiger charge is -2.29. The Kier molecular flexibility index (Phi) is 5.24. The SMILES string of the molecule is COc1ccc(OCCC(=O)N2CCC(O)CC2)cc1. The number of rotatable bonds is 5. The summed E-state index contributed by atoms with van der Waals surface area (Å²) in [7, 11) is 1.62. The molecule has 0 saturated carbocycles. The molecule has 1 heterocycles. The summed E-state index contributed by atoms with van der Waals surface area (Å²) < 4.78 is 10.6. The Hall–Kier alpha value is -1.75. The van der Waals surface area contributed by atoms with Crippen molar-refractivity contribution in [2.24, 2.45) is 0 Å². The maximum atomic E-state index is 11.9. The van der Waals surface area contributed by atoms with Crippen LogP contribution in [0, 0.1) is 0 Å². The number of aliphatic hydroxyl groups is 1. The third-order valence-electron chi connectivity index (χ3n) is 3.46. The first-order valence-electron chi connectivity index (χ1n) is 6.91. The van der Waals surface area contributed by atoms with Crippen molar-refractivity contribution in [1.82, 2.24) is 4.90 Å². The fourth-order valence-corrected chi connectivity index (χ4v) is 2.20. The molecule has 1 saturated heterocycles. The minimum atomic E-state index is -0.255. The summed E-state index contributed by atoms with van der Waals surface area (Å²) >= 11 is 0. The van der Waals surface area contributed by atoms with Gasteiger partial charge in [-0.2, -0.15) is 0 Å². The number of likely N-dealkylation sites (tertiary alicyclic amines) is 1. The number of carbonyl (C=O) groups is 1. The van der Waals surface area contributed by atoms with E-state index in [1.54, 1.807) is 12.0 Å². The molecule has 2 rings (SSSR count). The van der Waals surface area contributed by atoms with Crippen LogP contribution in [0.2, 0.25) is 0 Å². The number of hydrogen-bond acceptors (Lipinski definition) is 4. The van der Waals surface area contributed by atoms with Crippen molar-refractivity contribution < 1.29 is 19.4 Å². The molecule has 5 heteroatoms. The molecule has 5 nitrogen and oxygen atoms in total. The molecule has 110 valence electrons. The Morgan fingerprint density at radius 3 is 2.45 bits per heavy atom. The van der Waals surface area contributed by atoms with Gasteiger partial charge in [0.15, 0.2) is 0 Å². The maximum absolute atomic E-state index is 11.9. The van der Waals surface area contributed by atoms with E-state index in [0.717, 1.165) is 11.5 Å². The molecule has 20 heavy (non-hydrogen) atoms. The van der Waals surface area contributed by atoms with Gasteiger partial charge in [0.25, 0.3) is 0 Å². The van der Waals surface area contributed by atoms with Crippen LogP contribution in [0.5, 0.6) is 11.5 Å². The summed E-state index contributed by atoms with van der Waals surface area (Å²) in [6.45, 7) is 1.65. The number of amides is 1. The van der Waals surface area contributed by atoms with Crippen LogP contribution in [-0.4, -0.2) is 48.8 Å². The lowest BCUT2D eigenvalue weighted by molar-refractivity contribution is -0.133. The van der Waals surface area contributed by atoms with Gasteiger partial charge in [-0.25, -0.2) is 0 Å². The summed E-state index contributed by atoms with van der Waals surface area (Å²) in [5.41, 5.74) is 0. The topological polar surface area (TPSA) is 59.0 Å². The number of methoxy groups -OCH3 is 1. The number of aliphatic hydroxyl groups excluding tert-OH is 1. The van der Waals surface area contributed by atoms with Gasteiger partial charge in [0, 0.05) is 13.1 Å². The zero-order valence-electron chi connectivity index (χ0n) is 11.7. The molecule has 1 aliphatic heterocycles. The van der Waals surface area contributed by atoms with Crippen LogP contribution in [0.4, 0.5) is 0 Å². The summed E-state index contributed by atoms with van der Waals surface area (Å²) in [4.78, 5) is 13.7. The molecule has 1 N–H and O–H groups in total. The monoisotopic (exact) mass is 279 g/mol. The van der Waals surface area contributed by atoms with Gasteiger partial charge < -0.3 is 19.5 Å². The van der Waals surface area contributed by atoms with Crippen LogP contribution in [0.1, 0.15) is 19.3 Å². The Morgan fingerprint density at radius 1 is 1.25 bits per heavy atom. The van der Waals surface area contributed by atoms with Gasteiger partial charge in [-0.15, -0.1) is 0 Å². The highest BCUT2D eigenvalue weighted by Gasteiger charge is 2.20. The second-order valence-electron chi connectivity index (χ2n) is 4.89. The van der Waals surface area contributed by atoms with Gasteiger partial charge in [-0.05, 0) is 37.1 Å². The molecular formula is C15H21NO4. The van der Waals surface area contributed by atoms with E-state index in [1.165, 1.54) is 0 Å². The number of piperidine rings is 1. The number of carbonyl (C=O) groups excluding carboxylic acids is 1. The highest BCUT2D eigenvalue weighted by molar-refractivity contribution is 5.76. The first kappa shape index (κ1) is 14.7. The van der Waals surface area contributed by atoms with E-state index < -0.39 is 0 Å². The standard InChI is InChI=1S/C15H21NO4/c1-19-13-2-4-14(5-3-13)20-11-8-15(18)16-9-6-12(17)7-10-16/h2-5,12,17H,6-11H2,1H3. The Balaban J connectivity index is 1.70. The van der Waals surface area contributed by atoms with Gasteiger partial charge in [-0.3, -0.25) is 4.79 Å². The third-order valence-corrected chi connectivity index (χ3v) is 3.46. The van der Waals surface area contributed by atoms with Gasteiger partial charge in [0.2, 0.25) is 5.91 Å². The molecule has 1 amide bonds. The molecule has 1 aromatic carbocycles. The van der Waals surface area contributed by atoms with E-state index >= 15 is 0 Å². The Morgan fingerprint density at radius 2 is 1.85 bits per heavy atom. The lowest BCUT2D eigenvalue weighted by Crippen LogP contribution is -2.40. The van der Waals surface area contributed by atoms with Crippen LogP contribution < -0.4 is 9.47 Å². The normalized spacial score (nSPS) is 16.0. The summed E-state index contributed by atoms with van der Waals surface area (Å²) in [5.74, 6) is 1.60. The Bertz CT molecular complexity index is 424. The average molecular weight is 279 g/mol. The van der Waals surface area contributed by atoms with Crippen LogP contribution in [-0.2, 0) is 4.79 Å². The zero-order valence-corrected chi connectivity index (χ0v) is 11.7. The van der Waals surface area contributed by atoms with E-state index in [1.807, 2.05) is 24.3 Å². The van der Waals surface area contributed by atoms with Crippen molar-refractivity contribution >= 4 is 5.91 Å². The Labute approximate surface area is 119 Å². The van der Waals surface area contributed by atoms with E-state index in [4.69, 9.17) is 9.47 Å². The minimum Gasteiger partial charge on any atom is -0.497 e. The summed E-state index contributed by atoms with van der Waals surface area (Å²) in [6.07, 6.45) is 1.45.